The van der Waals surface area contributed by atoms with Gasteiger partial charge in [0, 0.05) is 17.7 Å². The smallest absolute Gasteiger partial charge is 0.209 e. The number of allylic oxidation sites excluding steroid dienone is 8. The van der Waals surface area contributed by atoms with Crippen LogP contribution in [0.3, 0.4) is 0 Å². The molecular formula is C21H24NO+. The molecule has 0 atom stereocenters. The highest BCUT2D eigenvalue weighted by atomic mass is 16.5. The summed E-state index contributed by atoms with van der Waals surface area (Å²) in [6, 6.07) is 8.63. The molecule has 0 spiro atoms. The molecule has 23 heavy (non-hydrogen) atoms. The molecule has 0 bridgehead atoms. The minimum atomic E-state index is 0.0214. The molecule has 0 unspecified atom stereocenters. The van der Waals surface area contributed by atoms with E-state index in [1.807, 2.05) is 13.8 Å². The van der Waals surface area contributed by atoms with E-state index in [0.29, 0.717) is 0 Å². The van der Waals surface area contributed by atoms with E-state index in [1.54, 1.807) is 0 Å². The van der Waals surface area contributed by atoms with Gasteiger partial charge in [0.15, 0.2) is 5.71 Å². The van der Waals surface area contributed by atoms with Crippen LogP contribution in [0.25, 0.3) is 0 Å². The van der Waals surface area contributed by atoms with Gasteiger partial charge < -0.3 is 4.74 Å². The van der Waals surface area contributed by atoms with E-state index in [4.69, 9.17) is 4.74 Å². The minimum absolute atomic E-state index is 0.0214. The number of ether oxygens (including phenoxy) is 1. The molecule has 2 aliphatic heterocycles. The lowest BCUT2D eigenvalue weighted by Gasteiger charge is -2.15. The molecule has 0 aromatic heterocycles. The van der Waals surface area contributed by atoms with Crippen molar-refractivity contribution in [2.24, 2.45) is 0 Å². The summed E-state index contributed by atoms with van der Waals surface area (Å²) in [5.41, 5.74) is 5.17. The molecule has 3 rings (SSSR count). The maximum Gasteiger partial charge on any atom is 0.209 e. The van der Waals surface area contributed by atoms with Crippen molar-refractivity contribution >= 4 is 11.4 Å². The first-order valence-corrected chi connectivity index (χ1v) is 8.03. The molecule has 0 aliphatic carbocycles. The van der Waals surface area contributed by atoms with Gasteiger partial charge in [-0.15, -0.1) is 0 Å². The highest BCUT2D eigenvalue weighted by Crippen LogP contribution is 2.38. The summed E-state index contributed by atoms with van der Waals surface area (Å²) < 4.78 is 7.82. The van der Waals surface area contributed by atoms with E-state index in [2.05, 4.69) is 80.1 Å². The Morgan fingerprint density at radius 1 is 1.04 bits per heavy atom. The number of rotatable bonds is 2. The molecule has 2 heterocycles. The van der Waals surface area contributed by atoms with Crippen molar-refractivity contribution in [3.8, 4) is 0 Å². The fourth-order valence-electron chi connectivity index (χ4n) is 3.47. The molecule has 2 nitrogen and oxygen atoms in total. The first-order chi connectivity index (χ1) is 10.9. The van der Waals surface area contributed by atoms with Crippen LogP contribution in [0.2, 0.25) is 0 Å². The van der Waals surface area contributed by atoms with Crippen molar-refractivity contribution in [1.82, 2.24) is 0 Å². The Kier molecular flexibility index (Phi) is 3.85. The largest absolute Gasteiger partial charge is 0.467 e. The molecule has 2 aliphatic rings. The van der Waals surface area contributed by atoms with Crippen LogP contribution in [-0.4, -0.2) is 17.3 Å². The summed E-state index contributed by atoms with van der Waals surface area (Å²) in [6.45, 7) is 8.52. The summed E-state index contributed by atoms with van der Waals surface area (Å²) >= 11 is 0. The third-order valence-electron chi connectivity index (χ3n) is 4.55. The van der Waals surface area contributed by atoms with Gasteiger partial charge in [0.1, 0.15) is 18.6 Å². The quantitative estimate of drug-likeness (QED) is 0.699. The lowest BCUT2D eigenvalue weighted by molar-refractivity contribution is -0.401. The molecule has 0 fully saturated rings. The first kappa shape index (κ1) is 15.5. The van der Waals surface area contributed by atoms with Crippen LogP contribution in [-0.2, 0) is 10.2 Å². The Morgan fingerprint density at radius 2 is 1.70 bits per heavy atom. The van der Waals surface area contributed by atoms with Crippen LogP contribution in [0.15, 0.2) is 71.7 Å². The predicted octanol–water partition coefficient (Wildman–Crippen LogP) is 5.01. The van der Waals surface area contributed by atoms with Gasteiger partial charge in [-0.2, -0.15) is 4.58 Å². The fraction of sp³-hybridized carbons (Fsp3) is 0.286. The van der Waals surface area contributed by atoms with Gasteiger partial charge >= 0.3 is 0 Å². The Hall–Kier alpha value is -2.35. The standard InChI is InChI=1S/C21H24NO/c1-15-13-17(14-16(2)23-15)9-8-12-20-21(3,4)18-10-6-7-11-19(18)22(20)5/h6-14H,1-5H3/q+1. The maximum absolute atomic E-state index is 5.53. The van der Waals surface area contributed by atoms with Gasteiger partial charge in [-0.05, 0) is 45.4 Å². The number of benzene rings is 1. The maximum atomic E-state index is 5.53. The Bertz CT molecular complexity index is 781. The molecular weight excluding hydrogens is 282 g/mol. The summed E-state index contributed by atoms with van der Waals surface area (Å²) in [4.78, 5) is 0. The van der Waals surface area contributed by atoms with E-state index < -0.39 is 0 Å². The number of hydrogen-bond donors (Lipinski definition) is 0. The second kappa shape index (κ2) is 5.69. The number of fused-ring (bicyclic) bond motifs is 1. The van der Waals surface area contributed by atoms with Gasteiger partial charge in [0.25, 0.3) is 0 Å². The van der Waals surface area contributed by atoms with Gasteiger partial charge in [0.05, 0.1) is 5.41 Å². The third kappa shape index (κ3) is 2.81. The molecule has 2 heteroatoms. The zero-order chi connectivity index (χ0) is 16.6. The Morgan fingerprint density at radius 3 is 2.35 bits per heavy atom. The molecule has 0 saturated heterocycles. The highest BCUT2D eigenvalue weighted by Gasteiger charge is 2.42. The predicted molar refractivity (Wildman–Crippen MR) is 96.1 cm³/mol. The molecule has 1 aromatic carbocycles. The molecule has 0 amide bonds. The second-order valence-corrected chi connectivity index (χ2v) is 6.72. The SMILES string of the molecule is CC1=CC(=CC=CC2=[N+](C)c3ccccc3C2(C)C)C=C(C)O1. The van der Waals surface area contributed by atoms with E-state index in [0.717, 1.165) is 11.5 Å². The lowest BCUT2D eigenvalue weighted by Crippen LogP contribution is -2.26. The van der Waals surface area contributed by atoms with Crippen molar-refractivity contribution in [2.45, 2.75) is 33.1 Å². The van der Waals surface area contributed by atoms with Crippen LogP contribution in [0.5, 0.6) is 0 Å². The van der Waals surface area contributed by atoms with Crippen molar-refractivity contribution in [3.63, 3.8) is 0 Å². The second-order valence-electron chi connectivity index (χ2n) is 6.72. The van der Waals surface area contributed by atoms with Gasteiger partial charge in [-0.1, -0.05) is 30.4 Å². The van der Waals surface area contributed by atoms with Crippen molar-refractivity contribution in [3.05, 3.63) is 77.3 Å². The fourth-order valence-corrected chi connectivity index (χ4v) is 3.47. The topological polar surface area (TPSA) is 12.2 Å². The number of hydrogen-bond acceptors (Lipinski definition) is 1. The molecule has 0 radical (unpaired) electrons. The van der Waals surface area contributed by atoms with Crippen molar-refractivity contribution in [1.29, 1.82) is 0 Å². The molecule has 0 N–H and O–H groups in total. The van der Waals surface area contributed by atoms with E-state index >= 15 is 0 Å². The molecule has 0 saturated carbocycles. The van der Waals surface area contributed by atoms with Gasteiger partial charge in [0.2, 0.25) is 5.69 Å². The van der Waals surface area contributed by atoms with E-state index in [9.17, 15) is 0 Å². The molecule has 1 aromatic rings. The zero-order valence-corrected chi connectivity index (χ0v) is 14.6. The Balaban J connectivity index is 1.92. The van der Waals surface area contributed by atoms with Crippen molar-refractivity contribution in [2.75, 3.05) is 7.05 Å². The average molecular weight is 306 g/mol. The zero-order valence-electron chi connectivity index (χ0n) is 14.6. The van der Waals surface area contributed by atoms with Crippen LogP contribution in [0, 0.1) is 0 Å². The lowest BCUT2D eigenvalue weighted by atomic mass is 9.81. The summed E-state index contributed by atoms with van der Waals surface area (Å²) in [5, 5.41) is 0. The van der Waals surface area contributed by atoms with Gasteiger partial charge in [-0.25, -0.2) is 0 Å². The number of nitrogens with zero attached hydrogens (tertiary/aromatic N) is 1. The third-order valence-corrected chi connectivity index (χ3v) is 4.55. The number of para-hydroxylation sites is 1. The summed E-state index contributed by atoms with van der Waals surface area (Å²) in [6.07, 6.45) is 10.6. The van der Waals surface area contributed by atoms with Gasteiger partial charge in [-0.3, -0.25) is 0 Å². The summed E-state index contributed by atoms with van der Waals surface area (Å²) in [5.74, 6) is 1.87. The molecule has 118 valence electrons. The van der Waals surface area contributed by atoms with Crippen LogP contribution in [0.1, 0.15) is 33.3 Å². The van der Waals surface area contributed by atoms with E-state index in [1.165, 1.54) is 22.5 Å². The first-order valence-electron chi connectivity index (χ1n) is 8.03. The minimum Gasteiger partial charge on any atom is -0.467 e. The monoisotopic (exact) mass is 306 g/mol. The Labute approximate surface area is 138 Å². The van der Waals surface area contributed by atoms with Crippen LogP contribution >= 0.6 is 0 Å². The average Bonchev–Trinajstić information content (AvgIpc) is 2.68. The normalized spacial score (nSPS) is 19.4. The van der Waals surface area contributed by atoms with E-state index in [-0.39, 0.29) is 5.41 Å². The van der Waals surface area contributed by atoms with Crippen LogP contribution in [0.4, 0.5) is 5.69 Å². The van der Waals surface area contributed by atoms with Crippen LogP contribution < -0.4 is 0 Å². The van der Waals surface area contributed by atoms with Crippen molar-refractivity contribution < 1.29 is 9.31 Å². The highest BCUT2D eigenvalue weighted by molar-refractivity contribution is 6.03. The summed E-state index contributed by atoms with van der Waals surface area (Å²) in [7, 11) is 2.14.